The Morgan fingerprint density at radius 1 is 1.16 bits per heavy atom. The van der Waals surface area contributed by atoms with E-state index in [0.29, 0.717) is 27.2 Å². The lowest BCUT2D eigenvalue weighted by Crippen LogP contribution is -1.99. The molecule has 0 aliphatic heterocycles. The smallest absolute Gasteiger partial charge is 0.270 e. The van der Waals surface area contributed by atoms with E-state index < -0.39 is 4.92 Å². The molecule has 0 unspecified atom stereocenters. The molecule has 130 valence electrons. The van der Waals surface area contributed by atoms with Crippen molar-refractivity contribution in [3.8, 4) is 11.5 Å². The first kappa shape index (κ1) is 18.5. The molecule has 0 amide bonds. The number of carbonyl (C=O) groups is 1. The Kier molecular flexibility index (Phi) is 6.13. The Morgan fingerprint density at radius 2 is 1.88 bits per heavy atom. The van der Waals surface area contributed by atoms with Crippen molar-refractivity contribution in [3.05, 3.63) is 68.8 Å². The summed E-state index contributed by atoms with van der Waals surface area (Å²) < 4.78 is 10.8. The van der Waals surface area contributed by atoms with Gasteiger partial charge in [-0.1, -0.05) is 0 Å². The van der Waals surface area contributed by atoms with Crippen LogP contribution >= 0.6 is 15.9 Å². The molecule has 0 fully saturated rings. The third-order valence-corrected chi connectivity index (χ3v) is 3.96. The maximum atomic E-state index is 12.2. The number of non-ortho nitro benzene ring substituents is 1. The number of nitro groups is 1. The number of benzene rings is 2. The van der Waals surface area contributed by atoms with E-state index in [1.807, 2.05) is 0 Å². The van der Waals surface area contributed by atoms with Crippen LogP contribution in [0.1, 0.15) is 10.4 Å². The Hall–Kier alpha value is -2.87. The van der Waals surface area contributed by atoms with Crippen LogP contribution in [0.3, 0.4) is 0 Å². The number of anilines is 1. The van der Waals surface area contributed by atoms with Crippen LogP contribution < -0.4 is 14.8 Å². The number of nitrogens with one attached hydrogen (secondary N) is 1. The summed E-state index contributed by atoms with van der Waals surface area (Å²) in [6.07, 6.45) is 2.82. The van der Waals surface area contributed by atoms with Gasteiger partial charge < -0.3 is 14.8 Å². The highest BCUT2D eigenvalue weighted by molar-refractivity contribution is 9.10. The van der Waals surface area contributed by atoms with Crippen LogP contribution in [-0.2, 0) is 0 Å². The number of hydrogen-bond acceptors (Lipinski definition) is 6. The topological polar surface area (TPSA) is 90.7 Å². The number of hydrogen-bond donors (Lipinski definition) is 1. The Balaban J connectivity index is 2.09. The van der Waals surface area contributed by atoms with E-state index in [2.05, 4.69) is 21.2 Å². The van der Waals surface area contributed by atoms with Gasteiger partial charge >= 0.3 is 0 Å². The predicted molar refractivity (Wildman–Crippen MR) is 97.4 cm³/mol. The number of nitro benzene ring substituents is 1. The molecule has 0 atom stereocenters. The summed E-state index contributed by atoms with van der Waals surface area (Å²) in [4.78, 5) is 22.4. The van der Waals surface area contributed by atoms with Crippen LogP contribution in [-0.4, -0.2) is 24.9 Å². The molecule has 25 heavy (non-hydrogen) atoms. The molecule has 0 radical (unpaired) electrons. The van der Waals surface area contributed by atoms with Crippen LogP contribution in [0.5, 0.6) is 11.5 Å². The molecule has 2 rings (SSSR count). The normalized spacial score (nSPS) is 10.5. The van der Waals surface area contributed by atoms with Crippen molar-refractivity contribution < 1.29 is 19.2 Å². The van der Waals surface area contributed by atoms with Crippen LogP contribution in [0.25, 0.3) is 0 Å². The molecule has 0 bridgehead atoms. The minimum Gasteiger partial charge on any atom is -0.493 e. The van der Waals surface area contributed by atoms with Gasteiger partial charge in [-0.15, -0.1) is 0 Å². The molecule has 0 aliphatic rings. The molecule has 1 N–H and O–H groups in total. The minimum absolute atomic E-state index is 0.0252. The quantitative estimate of drug-likeness (QED) is 0.321. The van der Waals surface area contributed by atoms with Crippen molar-refractivity contribution in [2.24, 2.45) is 0 Å². The summed E-state index contributed by atoms with van der Waals surface area (Å²) in [5, 5.41) is 13.6. The van der Waals surface area contributed by atoms with Gasteiger partial charge in [0.2, 0.25) is 0 Å². The van der Waals surface area contributed by atoms with Gasteiger partial charge in [-0.2, -0.15) is 0 Å². The van der Waals surface area contributed by atoms with Crippen molar-refractivity contribution in [1.82, 2.24) is 0 Å². The third kappa shape index (κ3) is 4.57. The molecule has 0 saturated carbocycles. The molecule has 7 nitrogen and oxygen atoms in total. The third-order valence-electron chi connectivity index (χ3n) is 3.31. The summed E-state index contributed by atoms with van der Waals surface area (Å²) in [6, 6.07) is 9.18. The van der Waals surface area contributed by atoms with Gasteiger partial charge in [-0.25, -0.2) is 0 Å². The van der Waals surface area contributed by atoms with Crippen LogP contribution in [0.15, 0.2) is 53.1 Å². The molecular formula is C17H15BrN2O5. The second-order valence-corrected chi connectivity index (χ2v) is 5.69. The maximum Gasteiger partial charge on any atom is 0.270 e. The predicted octanol–water partition coefficient (Wildman–Crippen LogP) is 4.18. The fourth-order valence-electron chi connectivity index (χ4n) is 2.03. The van der Waals surface area contributed by atoms with E-state index in [1.165, 1.54) is 38.6 Å². The minimum atomic E-state index is -0.481. The first-order chi connectivity index (χ1) is 12.0. The van der Waals surface area contributed by atoms with Crippen LogP contribution in [0.4, 0.5) is 11.4 Å². The molecule has 0 spiro atoms. The number of halogens is 1. The van der Waals surface area contributed by atoms with Gasteiger partial charge in [-0.3, -0.25) is 14.9 Å². The number of rotatable bonds is 7. The lowest BCUT2D eigenvalue weighted by atomic mass is 10.1. The maximum absolute atomic E-state index is 12.2. The molecule has 8 heteroatoms. The van der Waals surface area contributed by atoms with Crippen LogP contribution in [0.2, 0.25) is 0 Å². The first-order valence-electron chi connectivity index (χ1n) is 7.09. The molecule has 2 aromatic carbocycles. The van der Waals surface area contributed by atoms with Gasteiger partial charge in [0.15, 0.2) is 17.3 Å². The van der Waals surface area contributed by atoms with Crippen molar-refractivity contribution >= 4 is 33.1 Å². The lowest BCUT2D eigenvalue weighted by Gasteiger charge is -2.08. The second-order valence-electron chi connectivity index (χ2n) is 4.83. The Labute approximate surface area is 152 Å². The summed E-state index contributed by atoms with van der Waals surface area (Å²) in [5.74, 6) is 0.773. The first-order valence-corrected chi connectivity index (χ1v) is 7.89. The van der Waals surface area contributed by atoms with E-state index >= 15 is 0 Å². The summed E-state index contributed by atoms with van der Waals surface area (Å²) in [6.45, 7) is 0. The van der Waals surface area contributed by atoms with Crippen LogP contribution in [0, 0.1) is 10.1 Å². The van der Waals surface area contributed by atoms with E-state index in [9.17, 15) is 14.9 Å². The SMILES string of the molecule is COc1ccc(C(=O)/C=C/Nc2ccc([N+](=O)[O-])cc2Br)cc1OC. The molecule has 2 aromatic rings. The zero-order valence-electron chi connectivity index (χ0n) is 13.5. The lowest BCUT2D eigenvalue weighted by molar-refractivity contribution is -0.384. The zero-order chi connectivity index (χ0) is 18.4. The molecular weight excluding hydrogens is 392 g/mol. The molecule has 0 saturated heterocycles. The number of ketones is 1. The van der Waals surface area contributed by atoms with E-state index in [-0.39, 0.29) is 11.5 Å². The van der Waals surface area contributed by atoms with Gasteiger partial charge in [0.05, 0.1) is 24.8 Å². The largest absolute Gasteiger partial charge is 0.493 e. The van der Waals surface area contributed by atoms with Crippen molar-refractivity contribution in [2.45, 2.75) is 0 Å². The number of carbonyl (C=O) groups excluding carboxylic acids is 1. The van der Waals surface area contributed by atoms with E-state index in [0.717, 1.165) is 0 Å². The van der Waals surface area contributed by atoms with E-state index in [1.54, 1.807) is 24.3 Å². The highest BCUT2D eigenvalue weighted by Crippen LogP contribution is 2.28. The highest BCUT2D eigenvalue weighted by Gasteiger charge is 2.10. The zero-order valence-corrected chi connectivity index (χ0v) is 15.1. The number of ether oxygens (including phenoxy) is 2. The van der Waals surface area contributed by atoms with Gasteiger partial charge in [-0.05, 0) is 40.2 Å². The molecule has 0 heterocycles. The monoisotopic (exact) mass is 406 g/mol. The number of methoxy groups -OCH3 is 2. The number of nitrogens with zero attached hydrogens (tertiary/aromatic N) is 1. The van der Waals surface area contributed by atoms with Gasteiger partial charge in [0, 0.05) is 34.4 Å². The van der Waals surface area contributed by atoms with E-state index in [4.69, 9.17) is 9.47 Å². The average molecular weight is 407 g/mol. The highest BCUT2D eigenvalue weighted by atomic mass is 79.9. The fraction of sp³-hybridized carbons (Fsp3) is 0.118. The second kappa shape index (κ2) is 8.29. The Bertz CT molecular complexity index is 836. The van der Waals surface area contributed by atoms with Crippen molar-refractivity contribution in [3.63, 3.8) is 0 Å². The van der Waals surface area contributed by atoms with Crippen molar-refractivity contribution in [1.29, 1.82) is 0 Å². The molecule has 0 aliphatic carbocycles. The summed E-state index contributed by atoms with van der Waals surface area (Å²) >= 11 is 3.25. The fourth-order valence-corrected chi connectivity index (χ4v) is 2.51. The Morgan fingerprint density at radius 3 is 2.48 bits per heavy atom. The average Bonchev–Trinajstić information content (AvgIpc) is 2.62. The standard InChI is InChI=1S/C17H15BrN2O5/c1-24-16-6-3-11(9-17(16)25-2)15(21)7-8-19-14-5-4-12(20(22)23)10-13(14)18/h3-10,19H,1-2H3/b8-7+. The molecule has 0 aromatic heterocycles. The van der Waals surface area contributed by atoms with Crippen molar-refractivity contribution in [2.75, 3.05) is 19.5 Å². The summed E-state index contributed by atoms with van der Waals surface area (Å²) in [5.41, 5.74) is 1.02. The number of allylic oxidation sites excluding steroid dienone is 1. The van der Waals surface area contributed by atoms with Gasteiger partial charge in [0.25, 0.3) is 5.69 Å². The van der Waals surface area contributed by atoms with Gasteiger partial charge in [0.1, 0.15) is 0 Å². The summed E-state index contributed by atoms with van der Waals surface area (Å²) in [7, 11) is 3.01.